The van der Waals surface area contributed by atoms with Gasteiger partial charge >= 0.3 is 0 Å². The SMILES string of the molecule is Cc1ccc(-c2nccc3[nH]c(-c4n[nH]c5cnc(C6CCNCC6)cc45)cc23)s1. The summed E-state index contributed by atoms with van der Waals surface area (Å²) in [6.07, 6.45) is 6.06. The quantitative estimate of drug-likeness (QED) is 0.388. The number of nitrogens with one attached hydrogen (secondary N) is 3. The number of H-pyrrole nitrogens is 2. The lowest BCUT2D eigenvalue weighted by Gasteiger charge is -2.22. The van der Waals surface area contributed by atoms with Gasteiger partial charge in [-0.2, -0.15) is 5.10 Å². The summed E-state index contributed by atoms with van der Waals surface area (Å²) in [5.41, 5.74) is 6.16. The van der Waals surface area contributed by atoms with Gasteiger partial charge in [0.2, 0.25) is 0 Å². The van der Waals surface area contributed by atoms with E-state index in [1.165, 1.54) is 15.4 Å². The van der Waals surface area contributed by atoms with Crippen LogP contribution in [0.4, 0.5) is 0 Å². The number of piperidine rings is 1. The average Bonchev–Trinajstić information content (AvgIpc) is 3.51. The van der Waals surface area contributed by atoms with Crippen molar-refractivity contribution in [2.45, 2.75) is 25.7 Å². The van der Waals surface area contributed by atoms with Gasteiger partial charge in [-0.25, -0.2) is 0 Å². The zero-order chi connectivity index (χ0) is 20.1. The number of hydrogen-bond donors (Lipinski definition) is 3. The highest BCUT2D eigenvalue weighted by Crippen LogP contribution is 2.36. The van der Waals surface area contributed by atoms with Gasteiger partial charge in [0.05, 0.1) is 28.0 Å². The molecule has 0 spiro atoms. The van der Waals surface area contributed by atoms with Crippen LogP contribution in [-0.4, -0.2) is 38.2 Å². The van der Waals surface area contributed by atoms with Crippen LogP contribution in [0.2, 0.25) is 0 Å². The standard InChI is InChI=1S/C23H22N6S/c1-13-2-3-21(30-13)23-15-11-19(27-17(15)6-9-25-23)22-16-10-18(14-4-7-24-8-5-14)26-12-20(16)28-29-22/h2-3,6,9-12,14,24,27H,4-5,7-8H2,1H3,(H,28,29). The highest BCUT2D eigenvalue weighted by molar-refractivity contribution is 7.15. The summed E-state index contributed by atoms with van der Waals surface area (Å²) in [5.74, 6) is 0.513. The molecule has 5 aromatic heterocycles. The van der Waals surface area contributed by atoms with Gasteiger partial charge in [0.1, 0.15) is 5.69 Å². The molecule has 0 radical (unpaired) electrons. The van der Waals surface area contributed by atoms with Crippen LogP contribution >= 0.6 is 11.3 Å². The summed E-state index contributed by atoms with van der Waals surface area (Å²) < 4.78 is 0. The molecule has 0 aliphatic carbocycles. The number of nitrogens with zero attached hydrogens (tertiary/aromatic N) is 3. The van der Waals surface area contributed by atoms with E-state index in [2.05, 4.69) is 56.7 Å². The number of aromatic nitrogens is 5. The Morgan fingerprint density at radius 1 is 0.967 bits per heavy atom. The Balaban J connectivity index is 1.47. The van der Waals surface area contributed by atoms with Crippen molar-refractivity contribution in [1.82, 2.24) is 30.5 Å². The minimum Gasteiger partial charge on any atom is -0.353 e. The van der Waals surface area contributed by atoms with Gasteiger partial charge in [-0.15, -0.1) is 11.3 Å². The van der Waals surface area contributed by atoms with Crippen molar-refractivity contribution in [3.8, 4) is 22.0 Å². The van der Waals surface area contributed by atoms with Crippen molar-refractivity contribution in [1.29, 1.82) is 0 Å². The first-order chi connectivity index (χ1) is 14.8. The summed E-state index contributed by atoms with van der Waals surface area (Å²) >= 11 is 1.77. The van der Waals surface area contributed by atoms with Gasteiger partial charge < -0.3 is 10.3 Å². The lowest BCUT2D eigenvalue weighted by molar-refractivity contribution is 0.453. The van der Waals surface area contributed by atoms with E-state index in [9.17, 15) is 0 Å². The van der Waals surface area contributed by atoms with Crippen molar-refractivity contribution in [3.63, 3.8) is 0 Å². The second-order valence-corrected chi connectivity index (χ2v) is 9.25. The molecule has 0 bridgehead atoms. The van der Waals surface area contributed by atoms with Crippen LogP contribution in [0.1, 0.15) is 29.3 Å². The van der Waals surface area contributed by atoms with Gasteiger partial charge in [-0.1, -0.05) is 0 Å². The third-order valence-electron chi connectivity index (χ3n) is 6.00. The van der Waals surface area contributed by atoms with Crippen LogP contribution in [0.3, 0.4) is 0 Å². The number of aromatic amines is 2. The maximum Gasteiger partial charge on any atom is 0.116 e. The molecular weight excluding hydrogens is 392 g/mol. The van der Waals surface area contributed by atoms with Crippen molar-refractivity contribution < 1.29 is 0 Å². The van der Waals surface area contributed by atoms with E-state index in [1.54, 1.807) is 11.3 Å². The van der Waals surface area contributed by atoms with E-state index in [0.717, 1.165) is 64.8 Å². The molecule has 7 heteroatoms. The predicted molar refractivity (Wildman–Crippen MR) is 122 cm³/mol. The second kappa shape index (κ2) is 7.04. The Kier molecular flexibility index (Phi) is 4.17. The molecule has 1 fully saturated rings. The fourth-order valence-electron chi connectivity index (χ4n) is 4.42. The van der Waals surface area contributed by atoms with Gasteiger partial charge in [0.25, 0.3) is 0 Å². The van der Waals surface area contributed by atoms with Crippen LogP contribution in [0.15, 0.2) is 42.7 Å². The average molecular weight is 415 g/mol. The van der Waals surface area contributed by atoms with Crippen LogP contribution in [0.5, 0.6) is 0 Å². The van der Waals surface area contributed by atoms with Crippen molar-refractivity contribution in [3.05, 3.63) is 53.3 Å². The van der Waals surface area contributed by atoms with E-state index < -0.39 is 0 Å². The molecule has 1 aliphatic heterocycles. The molecule has 5 aromatic rings. The Labute approximate surface area is 177 Å². The minimum absolute atomic E-state index is 0.513. The predicted octanol–water partition coefficient (Wildman–Crippen LogP) is 5.01. The number of thiophene rings is 1. The van der Waals surface area contributed by atoms with Gasteiger partial charge in [0.15, 0.2) is 0 Å². The van der Waals surface area contributed by atoms with E-state index in [0.29, 0.717) is 5.92 Å². The van der Waals surface area contributed by atoms with Gasteiger partial charge in [0, 0.05) is 39.0 Å². The molecule has 150 valence electrons. The highest BCUT2D eigenvalue weighted by Gasteiger charge is 2.19. The zero-order valence-corrected chi connectivity index (χ0v) is 17.5. The molecule has 0 aromatic carbocycles. The summed E-state index contributed by atoms with van der Waals surface area (Å²) in [4.78, 5) is 15.4. The first kappa shape index (κ1) is 17.8. The molecule has 0 amide bonds. The zero-order valence-electron chi connectivity index (χ0n) is 16.7. The molecule has 6 rings (SSSR count). The van der Waals surface area contributed by atoms with Crippen molar-refractivity contribution >= 4 is 33.1 Å². The molecule has 1 aliphatic rings. The monoisotopic (exact) mass is 414 g/mol. The Morgan fingerprint density at radius 3 is 2.67 bits per heavy atom. The van der Waals surface area contributed by atoms with Crippen LogP contribution in [0.25, 0.3) is 43.8 Å². The molecule has 1 saturated heterocycles. The largest absolute Gasteiger partial charge is 0.353 e. The lowest BCUT2D eigenvalue weighted by atomic mass is 9.93. The first-order valence-electron chi connectivity index (χ1n) is 10.4. The van der Waals surface area contributed by atoms with Crippen LogP contribution < -0.4 is 5.32 Å². The summed E-state index contributed by atoms with van der Waals surface area (Å²) in [6, 6.07) is 10.7. The number of hydrogen-bond acceptors (Lipinski definition) is 5. The smallest absolute Gasteiger partial charge is 0.116 e. The molecule has 0 unspecified atom stereocenters. The molecule has 6 heterocycles. The Hall–Kier alpha value is -3.03. The molecule has 6 nitrogen and oxygen atoms in total. The fourth-order valence-corrected chi connectivity index (χ4v) is 5.30. The molecular formula is C23H22N6S. The van der Waals surface area contributed by atoms with E-state index >= 15 is 0 Å². The fraction of sp³-hybridized carbons (Fsp3) is 0.261. The number of fused-ring (bicyclic) bond motifs is 2. The Morgan fingerprint density at radius 2 is 1.83 bits per heavy atom. The molecule has 0 atom stereocenters. The minimum atomic E-state index is 0.513. The second-order valence-electron chi connectivity index (χ2n) is 7.97. The van der Waals surface area contributed by atoms with E-state index in [1.807, 2.05) is 18.5 Å². The molecule has 3 N–H and O–H groups in total. The molecule has 0 saturated carbocycles. The van der Waals surface area contributed by atoms with Crippen LogP contribution in [-0.2, 0) is 0 Å². The Bertz CT molecular complexity index is 1350. The summed E-state index contributed by atoms with van der Waals surface area (Å²) in [5, 5.41) is 13.5. The summed E-state index contributed by atoms with van der Waals surface area (Å²) in [6.45, 7) is 4.24. The van der Waals surface area contributed by atoms with E-state index in [4.69, 9.17) is 4.98 Å². The number of aryl methyl sites for hydroxylation is 1. The third kappa shape index (κ3) is 2.93. The normalized spacial score (nSPS) is 15.4. The topological polar surface area (TPSA) is 82.3 Å². The van der Waals surface area contributed by atoms with Crippen LogP contribution in [0, 0.1) is 6.92 Å². The maximum absolute atomic E-state index is 4.72. The molecule has 30 heavy (non-hydrogen) atoms. The number of pyridine rings is 2. The van der Waals surface area contributed by atoms with Gasteiger partial charge in [-0.3, -0.25) is 15.1 Å². The lowest BCUT2D eigenvalue weighted by Crippen LogP contribution is -2.27. The maximum atomic E-state index is 4.72. The van der Waals surface area contributed by atoms with E-state index in [-0.39, 0.29) is 0 Å². The number of rotatable bonds is 3. The third-order valence-corrected chi connectivity index (χ3v) is 7.01. The van der Waals surface area contributed by atoms with Crippen molar-refractivity contribution in [2.24, 2.45) is 0 Å². The first-order valence-corrected chi connectivity index (χ1v) is 11.2. The van der Waals surface area contributed by atoms with Crippen molar-refractivity contribution in [2.75, 3.05) is 13.1 Å². The van der Waals surface area contributed by atoms with Gasteiger partial charge in [-0.05, 0) is 63.2 Å². The summed E-state index contributed by atoms with van der Waals surface area (Å²) in [7, 11) is 0. The highest BCUT2D eigenvalue weighted by atomic mass is 32.1.